The van der Waals surface area contributed by atoms with Crippen LogP contribution in [0.15, 0.2) is 12.3 Å². The number of nitrogen functional groups attached to an aromatic ring is 1. The molecule has 0 bridgehead atoms. The maximum absolute atomic E-state index is 5.50. The van der Waals surface area contributed by atoms with E-state index in [0.29, 0.717) is 5.95 Å². The van der Waals surface area contributed by atoms with Crippen LogP contribution in [0.4, 0.5) is 11.8 Å². The molecule has 5 heteroatoms. The quantitative estimate of drug-likeness (QED) is 0.819. The van der Waals surface area contributed by atoms with Crippen LogP contribution in [0, 0.1) is 0 Å². The van der Waals surface area contributed by atoms with Crippen molar-refractivity contribution in [2.75, 3.05) is 23.3 Å². The summed E-state index contributed by atoms with van der Waals surface area (Å²) in [5.74, 6) is 2.45. The Kier molecular flexibility index (Phi) is 3.66. The van der Waals surface area contributed by atoms with Gasteiger partial charge in [-0.15, -0.1) is 0 Å². The van der Waals surface area contributed by atoms with Crippen LogP contribution in [-0.4, -0.2) is 27.5 Å². The van der Waals surface area contributed by atoms with E-state index >= 15 is 0 Å². The zero-order chi connectivity index (χ0) is 10.5. The predicted octanol–water partition coefficient (Wildman–Crippen LogP) is 1.76. The number of rotatable bonds is 3. The molecule has 1 aromatic rings. The summed E-state index contributed by atoms with van der Waals surface area (Å²) in [6.45, 7) is 0.973. The van der Waals surface area contributed by atoms with E-state index in [1.54, 1.807) is 6.20 Å². The van der Waals surface area contributed by atoms with E-state index in [9.17, 15) is 0 Å². The molecule has 0 saturated carbocycles. The third-order valence-corrected chi connectivity index (χ3v) is 3.86. The summed E-state index contributed by atoms with van der Waals surface area (Å²) in [5, 5.41) is 4.02. The second kappa shape index (κ2) is 5.21. The summed E-state index contributed by atoms with van der Waals surface area (Å²) >= 11 is 2.05. The van der Waals surface area contributed by atoms with E-state index in [2.05, 4.69) is 15.3 Å². The van der Waals surface area contributed by atoms with Gasteiger partial charge in [0.05, 0.1) is 0 Å². The largest absolute Gasteiger partial charge is 0.369 e. The molecular weight excluding hydrogens is 208 g/mol. The van der Waals surface area contributed by atoms with Crippen LogP contribution in [0.3, 0.4) is 0 Å². The van der Waals surface area contributed by atoms with Gasteiger partial charge in [-0.3, -0.25) is 0 Å². The molecule has 1 atom stereocenters. The van der Waals surface area contributed by atoms with Crippen molar-refractivity contribution in [2.45, 2.75) is 24.5 Å². The van der Waals surface area contributed by atoms with E-state index in [1.165, 1.54) is 25.0 Å². The molecular formula is C10H16N4S. The first-order valence-electron chi connectivity index (χ1n) is 5.28. The normalized spacial score (nSPS) is 21.2. The van der Waals surface area contributed by atoms with E-state index in [1.807, 2.05) is 17.8 Å². The fraction of sp³-hybridized carbons (Fsp3) is 0.600. The molecule has 2 heterocycles. The Morgan fingerprint density at radius 1 is 1.53 bits per heavy atom. The molecule has 3 N–H and O–H groups in total. The van der Waals surface area contributed by atoms with Gasteiger partial charge in [-0.05, 0) is 24.7 Å². The maximum Gasteiger partial charge on any atom is 0.221 e. The molecule has 0 spiro atoms. The lowest BCUT2D eigenvalue weighted by Crippen LogP contribution is -2.20. The Morgan fingerprint density at radius 3 is 3.20 bits per heavy atom. The molecule has 1 saturated heterocycles. The van der Waals surface area contributed by atoms with Gasteiger partial charge in [-0.2, -0.15) is 16.7 Å². The third kappa shape index (κ3) is 3.27. The summed E-state index contributed by atoms with van der Waals surface area (Å²) in [6, 6.07) is 1.85. The van der Waals surface area contributed by atoms with Crippen LogP contribution >= 0.6 is 11.8 Å². The minimum Gasteiger partial charge on any atom is -0.369 e. The molecule has 0 radical (unpaired) electrons. The van der Waals surface area contributed by atoms with Gasteiger partial charge in [-0.1, -0.05) is 6.42 Å². The average molecular weight is 224 g/mol. The average Bonchev–Trinajstić information content (AvgIpc) is 2.28. The van der Waals surface area contributed by atoms with Crippen molar-refractivity contribution in [2.24, 2.45) is 0 Å². The van der Waals surface area contributed by atoms with E-state index < -0.39 is 0 Å². The second-order valence-corrected chi connectivity index (χ2v) is 5.08. The maximum atomic E-state index is 5.50. The van der Waals surface area contributed by atoms with Gasteiger partial charge in [0.1, 0.15) is 5.82 Å². The SMILES string of the molecule is Nc1nccc(NCC2CCCCS2)n1. The summed E-state index contributed by atoms with van der Waals surface area (Å²) in [6.07, 6.45) is 5.70. The summed E-state index contributed by atoms with van der Waals surface area (Å²) < 4.78 is 0. The molecule has 1 aromatic heterocycles. The Hall–Kier alpha value is -0.970. The molecule has 0 aliphatic carbocycles. The zero-order valence-electron chi connectivity index (χ0n) is 8.65. The van der Waals surface area contributed by atoms with E-state index in [-0.39, 0.29) is 0 Å². The minimum atomic E-state index is 0.330. The van der Waals surface area contributed by atoms with Crippen LogP contribution in [0.2, 0.25) is 0 Å². The highest BCUT2D eigenvalue weighted by molar-refractivity contribution is 7.99. The molecule has 1 fully saturated rings. The molecule has 1 unspecified atom stereocenters. The highest BCUT2D eigenvalue weighted by Crippen LogP contribution is 2.24. The topological polar surface area (TPSA) is 63.8 Å². The molecule has 15 heavy (non-hydrogen) atoms. The van der Waals surface area contributed by atoms with Crippen LogP contribution in [0.5, 0.6) is 0 Å². The monoisotopic (exact) mass is 224 g/mol. The van der Waals surface area contributed by atoms with Gasteiger partial charge < -0.3 is 11.1 Å². The van der Waals surface area contributed by atoms with Crippen LogP contribution < -0.4 is 11.1 Å². The van der Waals surface area contributed by atoms with Crippen molar-refractivity contribution < 1.29 is 0 Å². The van der Waals surface area contributed by atoms with Crippen molar-refractivity contribution >= 4 is 23.5 Å². The highest BCUT2D eigenvalue weighted by Gasteiger charge is 2.13. The number of hydrogen-bond donors (Lipinski definition) is 2. The number of nitrogens with zero attached hydrogens (tertiary/aromatic N) is 2. The van der Waals surface area contributed by atoms with Crippen LogP contribution in [0.25, 0.3) is 0 Å². The molecule has 2 rings (SSSR count). The molecule has 1 aliphatic heterocycles. The lowest BCUT2D eigenvalue weighted by atomic mass is 10.2. The van der Waals surface area contributed by atoms with Crippen molar-refractivity contribution in [3.8, 4) is 0 Å². The Labute approximate surface area is 94.1 Å². The first-order chi connectivity index (χ1) is 7.34. The molecule has 1 aliphatic rings. The molecule has 0 aromatic carbocycles. The van der Waals surface area contributed by atoms with Gasteiger partial charge in [0.2, 0.25) is 5.95 Å². The third-order valence-electron chi connectivity index (χ3n) is 2.46. The van der Waals surface area contributed by atoms with Crippen molar-refractivity contribution in [1.82, 2.24) is 9.97 Å². The zero-order valence-corrected chi connectivity index (χ0v) is 9.46. The Balaban J connectivity index is 1.81. The number of hydrogen-bond acceptors (Lipinski definition) is 5. The smallest absolute Gasteiger partial charge is 0.221 e. The second-order valence-electron chi connectivity index (χ2n) is 3.67. The summed E-state index contributed by atoms with van der Waals surface area (Å²) in [5.41, 5.74) is 5.50. The molecule has 4 nitrogen and oxygen atoms in total. The predicted molar refractivity (Wildman–Crippen MR) is 65.0 cm³/mol. The van der Waals surface area contributed by atoms with Gasteiger partial charge in [0.25, 0.3) is 0 Å². The fourth-order valence-electron chi connectivity index (χ4n) is 1.66. The number of aromatic nitrogens is 2. The van der Waals surface area contributed by atoms with E-state index in [4.69, 9.17) is 5.73 Å². The number of thioether (sulfide) groups is 1. The number of anilines is 2. The van der Waals surface area contributed by atoms with Crippen molar-refractivity contribution in [3.63, 3.8) is 0 Å². The number of nitrogens with two attached hydrogens (primary N) is 1. The van der Waals surface area contributed by atoms with Gasteiger partial charge in [-0.25, -0.2) is 4.98 Å². The fourth-order valence-corrected chi connectivity index (χ4v) is 2.90. The van der Waals surface area contributed by atoms with Gasteiger partial charge in [0, 0.05) is 18.0 Å². The lowest BCUT2D eigenvalue weighted by Gasteiger charge is -2.21. The highest BCUT2D eigenvalue weighted by atomic mass is 32.2. The molecule has 82 valence electrons. The first-order valence-corrected chi connectivity index (χ1v) is 6.33. The molecule has 0 amide bonds. The minimum absolute atomic E-state index is 0.330. The Morgan fingerprint density at radius 2 is 2.47 bits per heavy atom. The van der Waals surface area contributed by atoms with Crippen molar-refractivity contribution in [3.05, 3.63) is 12.3 Å². The summed E-state index contributed by atoms with van der Waals surface area (Å²) in [4.78, 5) is 7.96. The van der Waals surface area contributed by atoms with Gasteiger partial charge in [0.15, 0.2) is 0 Å². The van der Waals surface area contributed by atoms with Crippen LogP contribution in [0.1, 0.15) is 19.3 Å². The van der Waals surface area contributed by atoms with E-state index in [0.717, 1.165) is 17.6 Å². The Bertz CT molecular complexity index is 312. The standard InChI is InChI=1S/C10H16N4S/c11-10-12-5-4-9(14-10)13-7-8-3-1-2-6-15-8/h4-5,8H,1-3,6-7H2,(H3,11,12,13,14). The first kappa shape index (κ1) is 10.5. The lowest BCUT2D eigenvalue weighted by molar-refractivity contribution is 0.677. The van der Waals surface area contributed by atoms with Crippen LogP contribution in [-0.2, 0) is 0 Å². The van der Waals surface area contributed by atoms with Crippen molar-refractivity contribution in [1.29, 1.82) is 0 Å². The summed E-state index contributed by atoms with van der Waals surface area (Å²) in [7, 11) is 0. The number of nitrogens with one attached hydrogen (secondary N) is 1. The van der Waals surface area contributed by atoms with Gasteiger partial charge >= 0.3 is 0 Å².